The number of nitro groups is 1. The van der Waals surface area contributed by atoms with Gasteiger partial charge in [-0.2, -0.15) is 0 Å². The zero-order valence-corrected chi connectivity index (χ0v) is 12.1. The Labute approximate surface area is 119 Å². The van der Waals surface area contributed by atoms with Gasteiger partial charge in [-0.15, -0.1) is 0 Å². The van der Waals surface area contributed by atoms with Crippen molar-refractivity contribution in [3.63, 3.8) is 0 Å². The molecule has 0 bridgehead atoms. The van der Waals surface area contributed by atoms with Crippen LogP contribution in [-0.4, -0.2) is 21.2 Å². The van der Waals surface area contributed by atoms with Gasteiger partial charge in [0.05, 0.1) is 21.5 Å². The van der Waals surface area contributed by atoms with E-state index in [2.05, 4.69) is 15.9 Å². The van der Waals surface area contributed by atoms with E-state index in [0.29, 0.717) is 6.42 Å². The van der Waals surface area contributed by atoms with Gasteiger partial charge < -0.3 is 15.9 Å². The number of aromatic hydroxyl groups is 1. The van der Waals surface area contributed by atoms with Crippen LogP contribution in [0.15, 0.2) is 16.6 Å². The lowest BCUT2D eigenvalue weighted by Gasteiger charge is -2.20. The molecule has 2 atom stereocenters. The normalized spacial score (nSPS) is 14.1. The van der Waals surface area contributed by atoms with Gasteiger partial charge in [-0.05, 0) is 22.4 Å². The fourth-order valence-corrected chi connectivity index (χ4v) is 2.23. The highest BCUT2D eigenvalue weighted by Crippen LogP contribution is 2.36. The second-order valence-corrected chi connectivity index (χ2v) is 5.21. The molecular formula is C12H17BrN2O4. The molecular weight excluding hydrogens is 316 g/mol. The fourth-order valence-electron chi connectivity index (χ4n) is 1.77. The number of unbranched alkanes of at least 4 members (excludes halogenated alkanes) is 1. The lowest BCUT2D eigenvalue weighted by Crippen LogP contribution is -2.26. The Morgan fingerprint density at radius 2 is 2.16 bits per heavy atom. The predicted octanol–water partition coefficient (Wildman–Crippen LogP) is 2.61. The van der Waals surface area contributed by atoms with Crippen molar-refractivity contribution in [1.82, 2.24) is 0 Å². The van der Waals surface area contributed by atoms with Crippen LogP contribution in [0.4, 0.5) is 5.69 Å². The van der Waals surface area contributed by atoms with Gasteiger partial charge in [0.25, 0.3) is 5.69 Å². The summed E-state index contributed by atoms with van der Waals surface area (Å²) in [5, 5.41) is 30.6. The molecule has 0 aliphatic carbocycles. The average Bonchev–Trinajstić information content (AvgIpc) is 2.37. The summed E-state index contributed by atoms with van der Waals surface area (Å²) in [5.74, 6) is -0.173. The second kappa shape index (κ2) is 6.83. The molecule has 7 heteroatoms. The third-order valence-corrected chi connectivity index (χ3v) is 3.52. The number of phenols is 1. The largest absolute Gasteiger partial charge is 0.506 e. The number of nitrogens with two attached hydrogens (primary N) is 1. The van der Waals surface area contributed by atoms with E-state index in [4.69, 9.17) is 5.73 Å². The molecule has 1 rings (SSSR count). The van der Waals surface area contributed by atoms with Crippen LogP contribution in [0, 0.1) is 10.1 Å². The summed E-state index contributed by atoms with van der Waals surface area (Å²) in [4.78, 5) is 10.2. The van der Waals surface area contributed by atoms with Gasteiger partial charge in [0, 0.05) is 17.7 Å². The molecule has 1 aromatic carbocycles. The highest BCUT2D eigenvalue weighted by molar-refractivity contribution is 9.10. The van der Waals surface area contributed by atoms with E-state index in [-0.39, 0.29) is 21.5 Å². The zero-order chi connectivity index (χ0) is 14.6. The van der Waals surface area contributed by atoms with Crippen molar-refractivity contribution >= 4 is 21.6 Å². The van der Waals surface area contributed by atoms with Gasteiger partial charge in [0.15, 0.2) is 0 Å². The van der Waals surface area contributed by atoms with E-state index in [1.54, 1.807) is 0 Å². The van der Waals surface area contributed by atoms with Crippen LogP contribution in [-0.2, 0) is 0 Å². The van der Waals surface area contributed by atoms with Gasteiger partial charge >= 0.3 is 0 Å². The Hall–Kier alpha value is -1.18. The maximum absolute atomic E-state index is 10.8. The third kappa shape index (κ3) is 3.89. The number of phenolic OH excluding ortho intramolecular Hbond substituents is 1. The Kier molecular flexibility index (Phi) is 5.71. The minimum Gasteiger partial charge on any atom is -0.506 e. The van der Waals surface area contributed by atoms with Crippen LogP contribution < -0.4 is 5.73 Å². The molecule has 0 aromatic heterocycles. The van der Waals surface area contributed by atoms with Crippen molar-refractivity contribution in [1.29, 1.82) is 0 Å². The molecule has 1 aromatic rings. The summed E-state index contributed by atoms with van der Waals surface area (Å²) in [6.07, 6.45) is 1.34. The summed E-state index contributed by atoms with van der Waals surface area (Å²) in [7, 11) is 0. The Morgan fingerprint density at radius 1 is 1.53 bits per heavy atom. The first-order chi connectivity index (χ1) is 8.88. The Balaban J connectivity index is 3.07. The van der Waals surface area contributed by atoms with Gasteiger partial charge in [-0.3, -0.25) is 10.1 Å². The molecule has 0 fully saturated rings. The predicted molar refractivity (Wildman–Crippen MR) is 74.9 cm³/mol. The maximum Gasteiger partial charge on any atom is 0.271 e. The lowest BCUT2D eigenvalue weighted by molar-refractivity contribution is -0.385. The highest BCUT2D eigenvalue weighted by Gasteiger charge is 2.24. The molecule has 0 radical (unpaired) electrons. The monoisotopic (exact) mass is 332 g/mol. The van der Waals surface area contributed by atoms with Gasteiger partial charge in [0.1, 0.15) is 5.75 Å². The van der Waals surface area contributed by atoms with Crippen molar-refractivity contribution in [2.75, 3.05) is 0 Å². The quantitative estimate of drug-likeness (QED) is 0.547. The van der Waals surface area contributed by atoms with Gasteiger partial charge in [0.2, 0.25) is 0 Å². The van der Waals surface area contributed by atoms with Crippen LogP contribution in [0.1, 0.15) is 37.8 Å². The number of nitrogens with zero attached hydrogens (tertiary/aromatic N) is 1. The molecule has 0 saturated heterocycles. The van der Waals surface area contributed by atoms with Crippen molar-refractivity contribution < 1.29 is 15.1 Å². The molecule has 0 aliphatic heterocycles. The van der Waals surface area contributed by atoms with E-state index in [1.165, 1.54) is 12.1 Å². The zero-order valence-electron chi connectivity index (χ0n) is 10.5. The molecule has 0 heterocycles. The number of rotatable bonds is 6. The lowest BCUT2D eigenvalue weighted by atomic mass is 9.97. The molecule has 0 amide bonds. The number of nitro benzene ring substituents is 1. The summed E-state index contributed by atoms with van der Waals surface area (Å²) < 4.78 is 0.190. The standard InChI is InChI=1S/C12H17BrN2O4/c1-2-3-4-10(16)11(14)8-5-7(15(18)19)6-9(13)12(8)17/h5-6,10-11,16-17H,2-4,14H2,1H3/t10-,11+/m0/s1. The number of hydrogen-bond acceptors (Lipinski definition) is 5. The molecule has 0 unspecified atom stereocenters. The smallest absolute Gasteiger partial charge is 0.271 e. The number of aliphatic hydroxyl groups is 1. The van der Waals surface area contributed by atoms with Crippen LogP contribution in [0.2, 0.25) is 0 Å². The van der Waals surface area contributed by atoms with Gasteiger partial charge in [-0.25, -0.2) is 0 Å². The molecule has 106 valence electrons. The number of benzene rings is 1. The third-order valence-electron chi connectivity index (χ3n) is 2.92. The molecule has 19 heavy (non-hydrogen) atoms. The second-order valence-electron chi connectivity index (χ2n) is 4.36. The summed E-state index contributed by atoms with van der Waals surface area (Å²) in [6.45, 7) is 1.99. The Bertz CT molecular complexity index is 467. The van der Waals surface area contributed by atoms with E-state index in [0.717, 1.165) is 12.8 Å². The SMILES string of the molecule is CCCC[C@H](O)[C@H](N)c1cc([N+](=O)[O-])cc(Br)c1O. The number of aliphatic hydroxyl groups excluding tert-OH is 1. The topological polar surface area (TPSA) is 110 Å². The minimum absolute atomic E-state index is 0.171. The fraction of sp³-hybridized carbons (Fsp3) is 0.500. The number of hydrogen-bond donors (Lipinski definition) is 3. The van der Waals surface area contributed by atoms with E-state index >= 15 is 0 Å². The molecule has 6 nitrogen and oxygen atoms in total. The van der Waals surface area contributed by atoms with Crippen LogP contribution in [0.3, 0.4) is 0 Å². The molecule has 4 N–H and O–H groups in total. The summed E-state index contributed by atoms with van der Waals surface area (Å²) >= 11 is 3.04. The van der Waals surface area contributed by atoms with Crippen molar-refractivity contribution in [3.8, 4) is 5.75 Å². The Morgan fingerprint density at radius 3 is 2.68 bits per heavy atom. The van der Waals surface area contributed by atoms with Crippen LogP contribution in [0.25, 0.3) is 0 Å². The highest BCUT2D eigenvalue weighted by atomic mass is 79.9. The number of non-ortho nitro benzene ring substituents is 1. The van der Waals surface area contributed by atoms with E-state index in [9.17, 15) is 20.3 Å². The number of halogens is 1. The molecule has 0 aliphatic rings. The van der Waals surface area contributed by atoms with E-state index in [1.807, 2.05) is 6.92 Å². The average molecular weight is 333 g/mol. The maximum atomic E-state index is 10.8. The van der Waals surface area contributed by atoms with Crippen LogP contribution in [0.5, 0.6) is 5.75 Å². The van der Waals surface area contributed by atoms with E-state index < -0.39 is 17.1 Å². The summed E-state index contributed by atoms with van der Waals surface area (Å²) in [6, 6.07) is 1.53. The van der Waals surface area contributed by atoms with Crippen molar-refractivity contribution in [3.05, 3.63) is 32.3 Å². The first kappa shape index (κ1) is 15.9. The molecule has 0 spiro atoms. The molecule has 0 saturated carbocycles. The summed E-state index contributed by atoms with van der Waals surface area (Å²) in [5.41, 5.74) is 5.85. The first-order valence-electron chi connectivity index (χ1n) is 5.98. The van der Waals surface area contributed by atoms with Gasteiger partial charge in [-0.1, -0.05) is 19.8 Å². The van der Waals surface area contributed by atoms with Crippen LogP contribution >= 0.6 is 15.9 Å². The van der Waals surface area contributed by atoms with Crippen molar-refractivity contribution in [2.45, 2.75) is 38.3 Å². The first-order valence-corrected chi connectivity index (χ1v) is 6.78. The van der Waals surface area contributed by atoms with Crippen molar-refractivity contribution in [2.24, 2.45) is 5.73 Å². The minimum atomic E-state index is -0.859.